The lowest BCUT2D eigenvalue weighted by Crippen LogP contribution is -2.18. The van der Waals surface area contributed by atoms with Crippen molar-refractivity contribution in [3.05, 3.63) is 42.2 Å². The van der Waals surface area contributed by atoms with Gasteiger partial charge in [-0.2, -0.15) is 9.97 Å². The third kappa shape index (κ3) is 3.35. The van der Waals surface area contributed by atoms with E-state index in [0.29, 0.717) is 35.5 Å². The SMILES string of the molecule is CC[C@H]1C(=O)[C@@H](n2cnc3c(OCc4ccccc4)nc(NP)nc32)C[C@@H]1C. The Balaban J connectivity index is 1.70. The van der Waals surface area contributed by atoms with Gasteiger partial charge in [0.25, 0.3) is 0 Å². The fourth-order valence-corrected chi connectivity index (χ4v) is 4.15. The molecule has 8 heteroatoms. The number of nitrogens with one attached hydrogen (secondary N) is 1. The van der Waals surface area contributed by atoms with Gasteiger partial charge in [-0.15, -0.1) is 0 Å². The first kappa shape index (κ1) is 18.8. The van der Waals surface area contributed by atoms with E-state index in [1.165, 1.54) is 0 Å². The van der Waals surface area contributed by atoms with Gasteiger partial charge in [0.05, 0.1) is 12.4 Å². The van der Waals surface area contributed by atoms with Crippen LogP contribution in [0.15, 0.2) is 36.7 Å². The van der Waals surface area contributed by atoms with Crippen LogP contribution in [0.2, 0.25) is 0 Å². The van der Waals surface area contributed by atoms with E-state index in [4.69, 9.17) is 4.74 Å². The minimum absolute atomic E-state index is 0.0948. The quantitative estimate of drug-likeness (QED) is 0.638. The molecule has 0 spiro atoms. The van der Waals surface area contributed by atoms with Crippen LogP contribution in [0.4, 0.5) is 5.95 Å². The zero-order valence-corrected chi connectivity index (χ0v) is 17.2. The Bertz CT molecular complexity index is 991. The molecule has 2 aromatic heterocycles. The number of nitrogens with zero attached hydrogens (tertiary/aromatic N) is 4. The van der Waals surface area contributed by atoms with E-state index < -0.39 is 0 Å². The largest absolute Gasteiger partial charge is 0.471 e. The van der Waals surface area contributed by atoms with Gasteiger partial charge in [-0.3, -0.25) is 4.79 Å². The van der Waals surface area contributed by atoms with E-state index >= 15 is 0 Å². The van der Waals surface area contributed by atoms with Gasteiger partial charge in [-0.05, 0) is 33.7 Å². The molecule has 0 aliphatic heterocycles. The van der Waals surface area contributed by atoms with Crippen molar-refractivity contribution in [2.24, 2.45) is 11.8 Å². The monoisotopic (exact) mass is 397 g/mol. The number of rotatable bonds is 6. The van der Waals surface area contributed by atoms with E-state index in [-0.39, 0.29) is 17.7 Å². The summed E-state index contributed by atoms with van der Waals surface area (Å²) in [5.41, 5.74) is 2.23. The normalized spacial score (nSPS) is 22.0. The van der Waals surface area contributed by atoms with Gasteiger partial charge < -0.3 is 14.4 Å². The van der Waals surface area contributed by atoms with Gasteiger partial charge in [0, 0.05) is 5.92 Å². The third-order valence-electron chi connectivity index (χ3n) is 5.49. The van der Waals surface area contributed by atoms with Gasteiger partial charge in [0.15, 0.2) is 16.9 Å². The van der Waals surface area contributed by atoms with Gasteiger partial charge in [0.2, 0.25) is 11.8 Å². The molecule has 1 N–H and O–H groups in total. The Labute approximate surface area is 166 Å². The minimum atomic E-state index is -0.237. The molecule has 1 aromatic carbocycles. The van der Waals surface area contributed by atoms with Gasteiger partial charge >= 0.3 is 0 Å². The fourth-order valence-electron chi connectivity index (χ4n) is 4.02. The molecule has 0 bridgehead atoms. The van der Waals surface area contributed by atoms with Crippen LogP contribution < -0.4 is 9.82 Å². The first-order valence-corrected chi connectivity index (χ1v) is 10.1. The van der Waals surface area contributed by atoms with E-state index in [1.807, 2.05) is 34.9 Å². The number of ketones is 1. The maximum absolute atomic E-state index is 12.9. The molecule has 1 fully saturated rings. The topological polar surface area (TPSA) is 81.9 Å². The summed E-state index contributed by atoms with van der Waals surface area (Å²) in [6, 6.07) is 9.66. The van der Waals surface area contributed by atoms with Crippen molar-refractivity contribution in [1.82, 2.24) is 19.5 Å². The van der Waals surface area contributed by atoms with E-state index in [0.717, 1.165) is 18.4 Å². The molecule has 4 rings (SSSR count). The molecule has 1 unspecified atom stereocenters. The highest BCUT2D eigenvalue weighted by Crippen LogP contribution is 2.39. The first-order valence-electron chi connectivity index (χ1n) is 9.54. The van der Waals surface area contributed by atoms with E-state index in [1.54, 1.807) is 6.33 Å². The Morgan fingerprint density at radius 3 is 2.75 bits per heavy atom. The average Bonchev–Trinajstić information content (AvgIpc) is 3.26. The number of ether oxygens (including phenoxy) is 1. The highest BCUT2D eigenvalue weighted by Gasteiger charge is 2.40. The summed E-state index contributed by atoms with van der Waals surface area (Å²) in [6.45, 7) is 4.60. The minimum Gasteiger partial charge on any atom is -0.471 e. The summed E-state index contributed by atoms with van der Waals surface area (Å²) in [6.07, 6.45) is 3.35. The maximum Gasteiger partial charge on any atom is 0.247 e. The van der Waals surface area contributed by atoms with Crippen molar-refractivity contribution in [1.29, 1.82) is 0 Å². The number of benzene rings is 1. The summed E-state index contributed by atoms with van der Waals surface area (Å²) >= 11 is 0. The van der Waals surface area contributed by atoms with Crippen molar-refractivity contribution >= 4 is 32.3 Å². The van der Waals surface area contributed by atoms with Gasteiger partial charge in [-0.25, -0.2) is 4.98 Å². The number of carbonyl (C=O) groups excluding carboxylic acids is 1. The second-order valence-corrected chi connectivity index (χ2v) is 7.53. The number of anilines is 1. The van der Waals surface area contributed by atoms with E-state index in [2.05, 4.69) is 43.3 Å². The van der Waals surface area contributed by atoms with Crippen LogP contribution >= 0.6 is 9.39 Å². The van der Waals surface area contributed by atoms with Crippen LogP contribution in [0.25, 0.3) is 11.2 Å². The van der Waals surface area contributed by atoms with Crippen molar-refractivity contribution in [3.63, 3.8) is 0 Å². The zero-order chi connectivity index (χ0) is 19.7. The summed E-state index contributed by atoms with van der Waals surface area (Å²) < 4.78 is 7.83. The van der Waals surface area contributed by atoms with Crippen molar-refractivity contribution in [2.45, 2.75) is 39.3 Å². The van der Waals surface area contributed by atoms with Crippen LogP contribution in [0.5, 0.6) is 5.88 Å². The van der Waals surface area contributed by atoms with Gasteiger partial charge in [0.1, 0.15) is 6.61 Å². The molecule has 28 heavy (non-hydrogen) atoms. The molecule has 1 saturated carbocycles. The number of carbonyl (C=O) groups is 1. The van der Waals surface area contributed by atoms with Crippen LogP contribution in [0, 0.1) is 11.8 Å². The molecular formula is C20H24N5O2P. The predicted octanol–water partition coefficient (Wildman–Crippen LogP) is 3.78. The van der Waals surface area contributed by atoms with Crippen LogP contribution in [0.3, 0.4) is 0 Å². The standard InChI is InChI=1S/C20H24N5O2P/c1-3-14-12(2)9-15(17(14)26)25-11-21-16-18(25)22-20(24-28)23-19(16)27-10-13-7-5-4-6-8-13/h4-8,11-12,14-15H,3,9-10,28H2,1-2H3,(H,22,23,24)/t12-,14+,15-/m0/s1. The summed E-state index contributed by atoms with van der Waals surface area (Å²) in [4.78, 5) is 26.3. The fraction of sp³-hybridized carbons (Fsp3) is 0.400. The molecule has 1 aliphatic rings. The number of hydrogen-bond donors (Lipinski definition) is 1. The van der Waals surface area contributed by atoms with Crippen molar-refractivity contribution < 1.29 is 9.53 Å². The van der Waals surface area contributed by atoms with Crippen LogP contribution in [0.1, 0.15) is 38.3 Å². The third-order valence-corrected chi connectivity index (χ3v) is 5.75. The summed E-state index contributed by atoms with van der Waals surface area (Å²) in [5, 5.41) is 2.89. The molecule has 3 aromatic rings. The Hall–Kier alpha value is -2.53. The number of fused-ring (bicyclic) bond motifs is 1. The number of hydrogen-bond acceptors (Lipinski definition) is 6. The van der Waals surface area contributed by atoms with Crippen LogP contribution in [-0.4, -0.2) is 25.3 Å². The lowest BCUT2D eigenvalue weighted by Gasteiger charge is -2.13. The Morgan fingerprint density at radius 1 is 1.29 bits per heavy atom. The lowest BCUT2D eigenvalue weighted by molar-refractivity contribution is -0.123. The molecule has 0 saturated heterocycles. The predicted molar refractivity (Wildman–Crippen MR) is 111 cm³/mol. The highest BCUT2D eigenvalue weighted by atomic mass is 31.0. The van der Waals surface area contributed by atoms with E-state index in [9.17, 15) is 4.79 Å². The number of Topliss-reactive ketones (excluding diaryl/α,β-unsaturated/α-hetero) is 1. The number of imidazole rings is 1. The summed E-state index contributed by atoms with van der Waals surface area (Å²) in [7, 11) is 2.39. The smallest absolute Gasteiger partial charge is 0.247 e. The first-order chi connectivity index (χ1) is 13.6. The lowest BCUT2D eigenvalue weighted by atomic mass is 9.95. The molecular weight excluding hydrogens is 373 g/mol. The zero-order valence-electron chi connectivity index (χ0n) is 16.0. The number of aromatic nitrogens is 4. The average molecular weight is 397 g/mol. The van der Waals surface area contributed by atoms with Crippen molar-refractivity contribution in [2.75, 3.05) is 5.09 Å². The molecule has 0 radical (unpaired) electrons. The molecule has 7 nitrogen and oxygen atoms in total. The maximum atomic E-state index is 12.9. The van der Waals surface area contributed by atoms with Crippen molar-refractivity contribution in [3.8, 4) is 5.88 Å². The molecule has 0 amide bonds. The molecule has 146 valence electrons. The second kappa shape index (κ2) is 7.84. The van der Waals surface area contributed by atoms with Crippen LogP contribution in [-0.2, 0) is 11.4 Å². The highest BCUT2D eigenvalue weighted by molar-refractivity contribution is 7.18. The second-order valence-electron chi connectivity index (χ2n) is 7.24. The summed E-state index contributed by atoms with van der Waals surface area (Å²) in [5.74, 6) is 1.53. The Kier molecular flexibility index (Phi) is 5.27. The Morgan fingerprint density at radius 2 is 2.07 bits per heavy atom. The van der Waals surface area contributed by atoms with Gasteiger partial charge in [-0.1, -0.05) is 44.2 Å². The molecule has 1 aliphatic carbocycles. The molecule has 4 atom stereocenters. The molecule has 2 heterocycles.